The fourth-order valence-corrected chi connectivity index (χ4v) is 3.16. The summed E-state index contributed by atoms with van der Waals surface area (Å²) in [6.45, 7) is 1.37. The van der Waals surface area contributed by atoms with Crippen molar-refractivity contribution in [3.05, 3.63) is 33.3 Å². The quantitative estimate of drug-likeness (QED) is 0.892. The third-order valence-corrected chi connectivity index (χ3v) is 4.30. The van der Waals surface area contributed by atoms with E-state index in [1.54, 1.807) is 6.07 Å². The number of halogens is 3. The predicted octanol–water partition coefficient (Wildman–Crippen LogP) is 3.02. The van der Waals surface area contributed by atoms with E-state index in [0.717, 1.165) is 29.4 Å². The summed E-state index contributed by atoms with van der Waals surface area (Å²) in [4.78, 5) is 14.1. The summed E-state index contributed by atoms with van der Waals surface area (Å²) in [7, 11) is 0. The summed E-state index contributed by atoms with van der Waals surface area (Å²) >= 11 is 9.32. The van der Waals surface area contributed by atoms with Crippen LogP contribution >= 0.6 is 39.9 Å². The van der Waals surface area contributed by atoms with Crippen molar-refractivity contribution >= 4 is 45.8 Å². The van der Waals surface area contributed by atoms with Gasteiger partial charge in [0.1, 0.15) is 0 Å². The Balaban J connectivity index is 0.00000180. The van der Waals surface area contributed by atoms with Crippen molar-refractivity contribution in [3.8, 4) is 0 Å². The van der Waals surface area contributed by atoms with E-state index in [0.29, 0.717) is 18.0 Å². The van der Waals surface area contributed by atoms with Gasteiger partial charge in [-0.25, -0.2) is 0 Å². The summed E-state index contributed by atoms with van der Waals surface area (Å²) in [6.07, 6.45) is 2.47. The Labute approximate surface area is 133 Å². The van der Waals surface area contributed by atoms with Crippen LogP contribution in [0.25, 0.3) is 0 Å². The molecule has 1 aromatic carbocycles. The Morgan fingerprint density at radius 2 is 2.26 bits per heavy atom. The lowest BCUT2D eigenvalue weighted by Gasteiger charge is -2.23. The van der Waals surface area contributed by atoms with E-state index in [2.05, 4.69) is 15.9 Å². The summed E-state index contributed by atoms with van der Waals surface area (Å²) < 4.78 is 0.881. The smallest absolute Gasteiger partial charge is 0.227 e. The minimum absolute atomic E-state index is 0. The van der Waals surface area contributed by atoms with Crippen LogP contribution in [0.4, 0.5) is 0 Å². The zero-order valence-corrected chi connectivity index (χ0v) is 13.6. The third-order valence-electron chi connectivity index (χ3n) is 3.33. The van der Waals surface area contributed by atoms with Crippen molar-refractivity contribution in [2.75, 3.05) is 13.1 Å². The number of carbonyl (C=O) groups is 1. The normalized spacial score (nSPS) is 18.3. The van der Waals surface area contributed by atoms with Crippen LogP contribution in [0.5, 0.6) is 0 Å². The lowest BCUT2D eigenvalue weighted by atomic mass is 10.1. The van der Waals surface area contributed by atoms with Gasteiger partial charge in [-0.05, 0) is 30.5 Å². The second kappa shape index (κ2) is 7.48. The van der Waals surface area contributed by atoms with Crippen molar-refractivity contribution in [3.63, 3.8) is 0 Å². The van der Waals surface area contributed by atoms with Gasteiger partial charge >= 0.3 is 0 Å². The third kappa shape index (κ3) is 4.09. The van der Waals surface area contributed by atoms with Gasteiger partial charge in [0.25, 0.3) is 0 Å². The molecule has 1 fully saturated rings. The van der Waals surface area contributed by atoms with Gasteiger partial charge in [0.2, 0.25) is 5.91 Å². The molecule has 0 spiro atoms. The van der Waals surface area contributed by atoms with E-state index in [1.807, 2.05) is 17.0 Å². The average Bonchev–Trinajstić information content (AvgIpc) is 2.81. The SMILES string of the molecule is Cl.NCC1CCCN1C(=O)Cc1ccc(Cl)cc1Br. The Morgan fingerprint density at radius 1 is 1.53 bits per heavy atom. The van der Waals surface area contributed by atoms with E-state index < -0.39 is 0 Å². The van der Waals surface area contributed by atoms with Gasteiger partial charge in [-0.1, -0.05) is 33.6 Å². The minimum Gasteiger partial charge on any atom is -0.338 e. The zero-order chi connectivity index (χ0) is 13.1. The van der Waals surface area contributed by atoms with E-state index in [4.69, 9.17) is 17.3 Å². The maximum atomic E-state index is 12.2. The number of hydrogen-bond acceptors (Lipinski definition) is 2. The molecule has 0 radical (unpaired) electrons. The lowest BCUT2D eigenvalue weighted by molar-refractivity contribution is -0.131. The highest BCUT2D eigenvalue weighted by atomic mass is 79.9. The highest BCUT2D eigenvalue weighted by Gasteiger charge is 2.27. The van der Waals surface area contributed by atoms with Crippen molar-refractivity contribution in [1.29, 1.82) is 0 Å². The number of amides is 1. The molecule has 106 valence electrons. The fraction of sp³-hybridized carbons (Fsp3) is 0.462. The van der Waals surface area contributed by atoms with Crippen LogP contribution < -0.4 is 5.73 Å². The summed E-state index contributed by atoms with van der Waals surface area (Å²) in [5.74, 6) is 0.144. The minimum atomic E-state index is 0. The van der Waals surface area contributed by atoms with Crippen LogP contribution in [0.3, 0.4) is 0 Å². The molecule has 1 amide bonds. The average molecular weight is 368 g/mol. The van der Waals surface area contributed by atoms with Gasteiger partial charge in [0, 0.05) is 28.6 Å². The van der Waals surface area contributed by atoms with E-state index in [1.165, 1.54) is 0 Å². The summed E-state index contributed by atoms with van der Waals surface area (Å²) in [5, 5.41) is 0.666. The molecule has 19 heavy (non-hydrogen) atoms. The molecule has 0 bridgehead atoms. The highest BCUT2D eigenvalue weighted by Crippen LogP contribution is 2.24. The number of rotatable bonds is 3. The molecule has 3 nitrogen and oxygen atoms in total. The Bertz CT molecular complexity index is 456. The molecule has 1 aliphatic heterocycles. The van der Waals surface area contributed by atoms with Crippen LogP contribution in [0.15, 0.2) is 22.7 Å². The van der Waals surface area contributed by atoms with Crippen molar-refractivity contribution in [2.45, 2.75) is 25.3 Å². The summed E-state index contributed by atoms with van der Waals surface area (Å²) in [5.41, 5.74) is 6.65. The standard InChI is InChI=1S/C13H16BrClN2O.ClH/c14-12-7-10(15)4-3-9(12)6-13(18)17-5-1-2-11(17)8-16;/h3-4,7,11H,1-2,5-6,8,16H2;1H. The number of nitrogens with two attached hydrogens (primary N) is 1. The predicted molar refractivity (Wildman–Crippen MR) is 83.9 cm³/mol. The van der Waals surface area contributed by atoms with E-state index >= 15 is 0 Å². The van der Waals surface area contributed by atoms with Gasteiger partial charge < -0.3 is 10.6 Å². The molecular formula is C13H17BrCl2N2O. The lowest BCUT2D eigenvalue weighted by Crippen LogP contribution is -2.40. The molecule has 1 heterocycles. The number of benzene rings is 1. The zero-order valence-electron chi connectivity index (χ0n) is 10.4. The number of hydrogen-bond donors (Lipinski definition) is 1. The molecule has 1 aliphatic rings. The molecular weight excluding hydrogens is 351 g/mol. The highest BCUT2D eigenvalue weighted by molar-refractivity contribution is 9.10. The van der Waals surface area contributed by atoms with Gasteiger partial charge in [0.15, 0.2) is 0 Å². The molecule has 1 aromatic rings. The Hall–Kier alpha value is -0.290. The largest absolute Gasteiger partial charge is 0.338 e. The fourth-order valence-electron chi connectivity index (χ4n) is 2.34. The van der Waals surface area contributed by atoms with Gasteiger partial charge in [-0.2, -0.15) is 0 Å². The van der Waals surface area contributed by atoms with Gasteiger partial charge in [-0.15, -0.1) is 12.4 Å². The van der Waals surface area contributed by atoms with Crippen LogP contribution in [-0.4, -0.2) is 29.9 Å². The maximum Gasteiger partial charge on any atom is 0.227 e. The molecule has 1 saturated heterocycles. The van der Waals surface area contributed by atoms with Crippen molar-refractivity contribution in [2.24, 2.45) is 5.73 Å². The van der Waals surface area contributed by atoms with E-state index in [-0.39, 0.29) is 24.4 Å². The second-order valence-corrected chi connectivity index (χ2v) is 5.82. The molecule has 1 unspecified atom stereocenters. The molecule has 0 saturated carbocycles. The first-order valence-corrected chi connectivity index (χ1v) is 7.22. The molecule has 0 aliphatic carbocycles. The molecule has 6 heteroatoms. The second-order valence-electron chi connectivity index (χ2n) is 4.53. The Kier molecular flexibility index (Phi) is 6.60. The Morgan fingerprint density at radius 3 is 2.89 bits per heavy atom. The maximum absolute atomic E-state index is 12.2. The molecule has 0 aromatic heterocycles. The number of likely N-dealkylation sites (tertiary alicyclic amines) is 1. The molecule has 2 rings (SSSR count). The molecule has 2 N–H and O–H groups in total. The topological polar surface area (TPSA) is 46.3 Å². The van der Waals surface area contributed by atoms with Crippen LogP contribution in [-0.2, 0) is 11.2 Å². The van der Waals surface area contributed by atoms with Gasteiger partial charge in [-0.3, -0.25) is 4.79 Å². The van der Waals surface area contributed by atoms with E-state index in [9.17, 15) is 4.79 Å². The van der Waals surface area contributed by atoms with Crippen molar-refractivity contribution < 1.29 is 4.79 Å². The van der Waals surface area contributed by atoms with Gasteiger partial charge in [0.05, 0.1) is 6.42 Å². The van der Waals surface area contributed by atoms with Crippen molar-refractivity contribution in [1.82, 2.24) is 4.90 Å². The molecule has 1 atom stereocenters. The number of carbonyl (C=O) groups excluding carboxylic acids is 1. The van der Waals surface area contributed by atoms with Crippen LogP contribution in [0.1, 0.15) is 18.4 Å². The first-order chi connectivity index (χ1) is 8.61. The number of nitrogens with zero attached hydrogens (tertiary/aromatic N) is 1. The monoisotopic (exact) mass is 366 g/mol. The van der Waals surface area contributed by atoms with Crippen LogP contribution in [0, 0.1) is 0 Å². The summed E-state index contributed by atoms with van der Waals surface area (Å²) in [6, 6.07) is 5.72. The first-order valence-electron chi connectivity index (χ1n) is 6.05. The van der Waals surface area contributed by atoms with Crippen LogP contribution in [0.2, 0.25) is 5.02 Å². The first kappa shape index (κ1) is 16.8.